The normalized spacial score (nSPS) is 14.2. The topological polar surface area (TPSA) is 237 Å². The fourth-order valence-electron chi connectivity index (χ4n) is 10.5. The van der Waals surface area contributed by atoms with Gasteiger partial charge < -0.3 is 33.8 Å². The van der Waals surface area contributed by atoms with E-state index in [-0.39, 0.29) is 25.7 Å². The first-order chi connectivity index (χ1) is 42.7. The van der Waals surface area contributed by atoms with E-state index in [1.807, 2.05) is 0 Å². The Morgan fingerprint density at radius 1 is 0.303 bits per heavy atom. The molecule has 0 aliphatic heterocycles. The molecule has 17 nitrogen and oxygen atoms in total. The van der Waals surface area contributed by atoms with E-state index >= 15 is 0 Å². The van der Waals surface area contributed by atoms with Crippen molar-refractivity contribution in [3.05, 3.63) is 0 Å². The summed E-state index contributed by atoms with van der Waals surface area (Å²) in [5.74, 6) is 0.0272. The van der Waals surface area contributed by atoms with Crippen LogP contribution in [0.5, 0.6) is 0 Å². The molecule has 0 bridgehead atoms. The molecule has 528 valence electrons. The highest BCUT2D eigenvalue weighted by molar-refractivity contribution is 7.47. The summed E-state index contributed by atoms with van der Waals surface area (Å²) in [6.07, 6.45) is 44.6. The Morgan fingerprint density at radius 3 is 0.764 bits per heavy atom. The van der Waals surface area contributed by atoms with Gasteiger partial charge in [-0.15, -0.1) is 0 Å². The van der Waals surface area contributed by atoms with Gasteiger partial charge in [0.05, 0.1) is 26.4 Å². The number of aliphatic hydroxyl groups is 1. The van der Waals surface area contributed by atoms with Crippen LogP contribution in [0.15, 0.2) is 0 Å². The van der Waals surface area contributed by atoms with Crippen LogP contribution in [-0.4, -0.2) is 96.7 Å². The number of hydrogen-bond donors (Lipinski definition) is 3. The molecule has 0 aromatic carbocycles. The van der Waals surface area contributed by atoms with E-state index in [1.54, 1.807) is 0 Å². The molecule has 0 aliphatic rings. The molecule has 89 heavy (non-hydrogen) atoms. The number of ether oxygens (including phenoxy) is 4. The zero-order valence-corrected chi connectivity index (χ0v) is 59.7. The summed E-state index contributed by atoms with van der Waals surface area (Å²) in [5.41, 5.74) is 0. The van der Waals surface area contributed by atoms with E-state index in [0.717, 1.165) is 108 Å². The summed E-state index contributed by atoms with van der Waals surface area (Å²) in [4.78, 5) is 72.5. The van der Waals surface area contributed by atoms with E-state index < -0.39 is 97.5 Å². The van der Waals surface area contributed by atoms with Crippen LogP contribution in [0.1, 0.15) is 350 Å². The molecule has 0 fully saturated rings. The lowest BCUT2D eigenvalue weighted by Crippen LogP contribution is -2.30. The van der Waals surface area contributed by atoms with E-state index in [0.29, 0.717) is 31.6 Å². The molecule has 0 rings (SSSR count). The van der Waals surface area contributed by atoms with Crippen LogP contribution in [0.3, 0.4) is 0 Å². The molecule has 0 aliphatic carbocycles. The van der Waals surface area contributed by atoms with Gasteiger partial charge in [-0.3, -0.25) is 37.3 Å². The number of carbonyl (C=O) groups is 4. The van der Waals surface area contributed by atoms with Crippen molar-refractivity contribution < 1.29 is 80.2 Å². The second-order valence-electron chi connectivity index (χ2n) is 26.7. The SMILES string of the molecule is CCCCCCCCCCCCCCCCCCC(=O)O[C@H](COC(=O)CCCCCCCCCCCCC(C)C)COP(=O)(O)OC[C@@H](O)COP(=O)(O)OC[C@@H](COC(=O)CCCCCCCCC(C)C)OC(=O)CCCCCCCCCCC(C)C. The van der Waals surface area contributed by atoms with Gasteiger partial charge in [-0.05, 0) is 43.4 Å². The quantitative estimate of drug-likeness (QED) is 0.0222. The molecule has 0 saturated heterocycles. The molecule has 0 amide bonds. The van der Waals surface area contributed by atoms with Gasteiger partial charge in [0.2, 0.25) is 0 Å². The molecule has 0 aromatic heterocycles. The van der Waals surface area contributed by atoms with Gasteiger partial charge in [0.15, 0.2) is 12.2 Å². The number of esters is 4. The zero-order chi connectivity index (χ0) is 65.9. The fourth-order valence-corrected chi connectivity index (χ4v) is 12.1. The number of carbonyl (C=O) groups excluding carboxylic acids is 4. The fraction of sp³-hybridized carbons (Fsp3) is 0.943. The lowest BCUT2D eigenvalue weighted by atomic mass is 10.0. The maximum atomic E-state index is 13.0. The molecule has 2 unspecified atom stereocenters. The number of unbranched alkanes of at least 4 members (excludes halogenated alkanes) is 36. The Labute approximate surface area is 543 Å². The van der Waals surface area contributed by atoms with E-state index in [1.165, 1.54) is 154 Å². The number of rotatable bonds is 68. The van der Waals surface area contributed by atoms with Crippen molar-refractivity contribution >= 4 is 39.5 Å². The summed E-state index contributed by atoms with van der Waals surface area (Å²) < 4.78 is 68.2. The Kier molecular flexibility index (Phi) is 59.6. The van der Waals surface area contributed by atoms with Crippen molar-refractivity contribution in [2.45, 2.75) is 369 Å². The second kappa shape index (κ2) is 61.0. The molecular weight excluding hydrogens is 1170 g/mol. The maximum absolute atomic E-state index is 13.0. The van der Waals surface area contributed by atoms with Gasteiger partial charge in [0, 0.05) is 25.7 Å². The van der Waals surface area contributed by atoms with Crippen LogP contribution in [0.25, 0.3) is 0 Å². The first kappa shape index (κ1) is 87.1. The monoisotopic (exact) mass is 1310 g/mol. The zero-order valence-electron chi connectivity index (χ0n) is 57.9. The first-order valence-electron chi connectivity index (χ1n) is 36.3. The van der Waals surface area contributed by atoms with Gasteiger partial charge in [0.1, 0.15) is 19.3 Å². The molecule has 0 heterocycles. The van der Waals surface area contributed by atoms with E-state index in [2.05, 4.69) is 48.5 Å². The van der Waals surface area contributed by atoms with Gasteiger partial charge >= 0.3 is 39.5 Å². The maximum Gasteiger partial charge on any atom is 0.472 e. The number of hydrogen-bond acceptors (Lipinski definition) is 15. The molecule has 5 atom stereocenters. The summed E-state index contributed by atoms with van der Waals surface area (Å²) >= 11 is 0. The highest BCUT2D eigenvalue weighted by atomic mass is 31.2. The minimum Gasteiger partial charge on any atom is -0.462 e. The highest BCUT2D eigenvalue weighted by Gasteiger charge is 2.30. The van der Waals surface area contributed by atoms with Crippen molar-refractivity contribution in [1.82, 2.24) is 0 Å². The summed E-state index contributed by atoms with van der Waals surface area (Å²) in [5, 5.41) is 10.6. The van der Waals surface area contributed by atoms with Crippen molar-refractivity contribution in [3.63, 3.8) is 0 Å². The smallest absolute Gasteiger partial charge is 0.462 e. The second-order valence-corrected chi connectivity index (χ2v) is 29.6. The molecule has 19 heteroatoms. The van der Waals surface area contributed by atoms with E-state index in [9.17, 15) is 43.2 Å². The highest BCUT2D eigenvalue weighted by Crippen LogP contribution is 2.45. The summed E-state index contributed by atoms with van der Waals surface area (Å²) in [6, 6.07) is 0. The van der Waals surface area contributed by atoms with Crippen LogP contribution in [0.4, 0.5) is 0 Å². The van der Waals surface area contributed by atoms with Crippen LogP contribution in [-0.2, 0) is 65.4 Å². The number of phosphoric ester groups is 2. The Morgan fingerprint density at radius 2 is 0.517 bits per heavy atom. The van der Waals surface area contributed by atoms with Gasteiger partial charge in [-0.25, -0.2) is 9.13 Å². The Balaban J connectivity index is 5.24. The van der Waals surface area contributed by atoms with Gasteiger partial charge in [-0.2, -0.15) is 0 Å². The lowest BCUT2D eigenvalue weighted by molar-refractivity contribution is -0.161. The van der Waals surface area contributed by atoms with Crippen LogP contribution < -0.4 is 0 Å². The molecule has 0 radical (unpaired) electrons. The van der Waals surface area contributed by atoms with Crippen molar-refractivity contribution in [1.29, 1.82) is 0 Å². The molecule has 3 N–H and O–H groups in total. The summed E-state index contributed by atoms with van der Waals surface area (Å²) in [6.45, 7) is 11.7. The van der Waals surface area contributed by atoms with Crippen molar-refractivity contribution in [2.75, 3.05) is 39.6 Å². The average Bonchev–Trinajstić information content (AvgIpc) is 3.68. The van der Waals surface area contributed by atoms with Crippen molar-refractivity contribution in [3.8, 4) is 0 Å². The third-order valence-electron chi connectivity index (χ3n) is 16.1. The molecule has 0 aromatic rings. The van der Waals surface area contributed by atoms with Crippen molar-refractivity contribution in [2.24, 2.45) is 17.8 Å². The van der Waals surface area contributed by atoms with Crippen LogP contribution in [0.2, 0.25) is 0 Å². The molecule has 0 spiro atoms. The minimum atomic E-state index is -4.95. The predicted octanol–water partition coefficient (Wildman–Crippen LogP) is 19.8. The number of phosphoric acid groups is 2. The van der Waals surface area contributed by atoms with Crippen LogP contribution >= 0.6 is 15.6 Å². The third kappa shape index (κ3) is 64.6. The molecule has 0 saturated carbocycles. The Hall–Kier alpha value is -1.94. The Bertz CT molecular complexity index is 1750. The standard InChI is InChI=1S/C70H136O17P2/c1-8-9-10-11-12-13-14-15-16-17-18-19-24-30-39-46-53-69(74)86-65(57-80-67(72)51-44-37-29-23-21-20-22-27-34-41-48-61(2)3)59-84-88(76,77)82-55-64(71)56-83-89(78,79)85-60-66(58-81-68(73)52-45-38-33-32-36-43-50-63(6)7)87-70(75)54-47-40-31-26-25-28-35-42-49-62(4)5/h61-66,71H,8-60H2,1-7H3,(H,76,77)(H,78,79)/t64-,65-,66-/m1/s1. The first-order valence-corrected chi connectivity index (χ1v) is 39.3. The van der Waals surface area contributed by atoms with E-state index in [4.69, 9.17) is 37.0 Å². The van der Waals surface area contributed by atoms with Gasteiger partial charge in [0.25, 0.3) is 0 Å². The lowest BCUT2D eigenvalue weighted by Gasteiger charge is -2.21. The number of aliphatic hydroxyl groups excluding tert-OH is 1. The predicted molar refractivity (Wildman–Crippen MR) is 358 cm³/mol. The largest absolute Gasteiger partial charge is 0.472 e. The van der Waals surface area contributed by atoms with Gasteiger partial charge in [-0.1, -0.05) is 299 Å². The summed E-state index contributed by atoms with van der Waals surface area (Å²) in [7, 11) is -9.90. The molecular formula is C70H136O17P2. The third-order valence-corrected chi connectivity index (χ3v) is 18.0. The average molecular weight is 1310 g/mol. The van der Waals surface area contributed by atoms with Crippen LogP contribution in [0, 0.1) is 17.8 Å². The minimum absolute atomic E-state index is 0.103.